The largest absolute Gasteiger partial charge is 0.439 e. The molecule has 1 amide bonds. The fourth-order valence-corrected chi connectivity index (χ4v) is 2.53. The molecule has 156 valence electrons. The van der Waals surface area contributed by atoms with Crippen LogP contribution < -0.4 is 5.32 Å². The molecule has 11 heteroatoms. The number of nitrogens with one attached hydrogen (secondary N) is 1. The maximum absolute atomic E-state index is 13.3. The number of alkyl halides is 2. The number of rotatable bonds is 7. The number of nitrogens with zero attached hydrogens (tertiary/aromatic N) is 4. The molecule has 0 saturated heterocycles. The van der Waals surface area contributed by atoms with Crippen molar-refractivity contribution in [1.29, 1.82) is 0 Å². The summed E-state index contributed by atoms with van der Waals surface area (Å²) in [6.07, 6.45) is 2.20. The van der Waals surface area contributed by atoms with Crippen molar-refractivity contribution in [1.82, 2.24) is 20.1 Å². The van der Waals surface area contributed by atoms with Gasteiger partial charge >= 0.3 is 18.3 Å². The molecule has 0 saturated carbocycles. The van der Waals surface area contributed by atoms with E-state index in [0.717, 1.165) is 6.20 Å². The van der Waals surface area contributed by atoms with Gasteiger partial charge in [-0.3, -0.25) is 15.1 Å². The zero-order valence-corrected chi connectivity index (χ0v) is 16.1. The summed E-state index contributed by atoms with van der Waals surface area (Å²) in [7, 11) is 0. The Labute approximate surface area is 165 Å². The minimum Gasteiger partial charge on any atom is -0.439 e. The van der Waals surface area contributed by atoms with Crippen LogP contribution in [0.1, 0.15) is 45.5 Å². The molecule has 0 aliphatic heterocycles. The minimum absolute atomic E-state index is 0.0911. The van der Waals surface area contributed by atoms with Crippen LogP contribution in [0.2, 0.25) is 0 Å². The Morgan fingerprint density at radius 1 is 1.48 bits per heavy atom. The lowest BCUT2D eigenvalue weighted by atomic mass is 10.1. The fraction of sp³-hybridized carbons (Fsp3) is 0.389. The number of ether oxygens (including phenoxy) is 1. The number of halogens is 2. The topological polar surface area (TPSA) is 112 Å². The summed E-state index contributed by atoms with van der Waals surface area (Å²) in [5.74, 6) is 0. The standard InChI is InChI=1S/C18H21F2N5O4/c1-5-6-14(29-17(26)23-18(2,3)4)12-9-11(7-8-21-12)15-13(25(27)28)10-22-24(15)16(19)20/h5,7-10,14,16H,1,6H2,2-4H3,(H,23,26)/t14-/m0/s1. The van der Waals surface area contributed by atoms with Crippen molar-refractivity contribution < 1.29 is 23.2 Å². The highest BCUT2D eigenvalue weighted by atomic mass is 19.3. The van der Waals surface area contributed by atoms with Gasteiger partial charge in [-0.05, 0) is 32.9 Å². The molecule has 9 nitrogen and oxygen atoms in total. The van der Waals surface area contributed by atoms with E-state index >= 15 is 0 Å². The number of aromatic nitrogens is 3. The first-order valence-electron chi connectivity index (χ1n) is 8.59. The molecule has 0 aliphatic carbocycles. The van der Waals surface area contributed by atoms with Crippen molar-refractivity contribution in [3.8, 4) is 11.3 Å². The summed E-state index contributed by atoms with van der Waals surface area (Å²) in [4.78, 5) is 26.7. The number of carbonyl (C=O) groups excluding carboxylic acids is 1. The van der Waals surface area contributed by atoms with Crippen LogP contribution in [0.4, 0.5) is 19.3 Å². The van der Waals surface area contributed by atoms with E-state index in [1.807, 2.05) is 0 Å². The molecule has 0 fully saturated rings. The van der Waals surface area contributed by atoms with Gasteiger partial charge < -0.3 is 10.1 Å². The van der Waals surface area contributed by atoms with Crippen molar-refractivity contribution >= 4 is 11.8 Å². The van der Waals surface area contributed by atoms with E-state index in [1.54, 1.807) is 20.8 Å². The average molecular weight is 409 g/mol. The second-order valence-electron chi connectivity index (χ2n) is 7.12. The Balaban J connectivity index is 2.44. The number of hydrogen-bond donors (Lipinski definition) is 1. The van der Waals surface area contributed by atoms with Crippen molar-refractivity contribution in [3.63, 3.8) is 0 Å². The van der Waals surface area contributed by atoms with Gasteiger partial charge in [0.1, 0.15) is 12.3 Å². The van der Waals surface area contributed by atoms with E-state index in [0.29, 0.717) is 0 Å². The fourth-order valence-electron chi connectivity index (χ4n) is 2.53. The third-order valence-corrected chi connectivity index (χ3v) is 3.65. The molecule has 1 atom stereocenters. The zero-order chi connectivity index (χ0) is 21.8. The Morgan fingerprint density at radius 2 is 2.17 bits per heavy atom. The number of amides is 1. The monoisotopic (exact) mass is 409 g/mol. The van der Waals surface area contributed by atoms with E-state index in [4.69, 9.17) is 4.74 Å². The average Bonchev–Trinajstić information content (AvgIpc) is 3.05. The van der Waals surface area contributed by atoms with Crippen molar-refractivity contribution in [3.05, 3.63) is 53.0 Å². The lowest BCUT2D eigenvalue weighted by molar-refractivity contribution is -0.384. The number of carbonyl (C=O) groups is 1. The number of nitro groups is 1. The molecule has 1 N–H and O–H groups in total. The minimum atomic E-state index is -3.08. The van der Waals surface area contributed by atoms with Gasteiger partial charge in [0.2, 0.25) is 0 Å². The number of hydrogen-bond acceptors (Lipinski definition) is 6. The predicted molar refractivity (Wildman–Crippen MR) is 100 cm³/mol. The molecular weight excluding hydrogens is 388 g/mol. The maximum Gasteiger partial charge on any atom is 0.408 e. The molecule has 0 radical (unpaired) electrons. The summed E-state index contributed by atoms with van der Waals surface area (Å²) in [5.41, 5.74) is -1.16. The molecule has 2 rings (SSSR count). The lowest BCUT2D eigenvalue weighted by Gasteiger charge is -2.23. The van der Waals surface area contributed by atoms with E-state index in [2.05, 4.69) is 22.0 Å². The smallest absolute Gasteiger partial charge is 0.408 e. The van der Waals surface area contributed by atoms with Crippen molar-refractivity contribution in [2.45, 2.75) is 45.4 Å². The van der Waals surface area contributed by atoms with Crippen LogP contribution >= 0.6 is 0 Å². The van der Waals surface area contributed by atoms with Crippen LogP contribution in [0, 0.1) is 10.1 Å². The second kappa shape index (κ2) is 8.76. The van der Waals surface area contributed by atoms with Crippen LogP contribution in [-0.2, 0) is 4.74 Å². The highest BCUT2D eigenvalue weighted by molar-refractivity contribution is 5.70. The molecule has 2 heterocycles. The van der Waals surface area contributed by atoms with E-state index in [-0.39, 0.29) is 28.1 Å². The predicted octanol–water partition coefficient (Wildman–Crippen LogP) is 4.39. The molecule has 0 unspecified atom stereocenters. The quantitative estimate of drug-likeness (QED) is 0.412. The molecular formula is C18H21F2N5O4. The molecule has 0 aliphatic rings. The molecule has 0 aromatic carbocycles. The second-order valence-corrected chi connectivity index (χ2v) is 7.12. The first-order chi connectivity index (χ1) is 13.5. The van der Waals surface area contributed by atoms with Gasteiger partial charge in [-0.25, -0.2) is 4.79 Å². The van der Waals surface area contributed by atoms with E-state index in [9.17, 15) is 23.7 Å². The third-order valence-electron chi connectivity index (χ3n) is 3.65. The number of alkyl carbamates (subject to hydrolysis) is 1. The zero-order valence-electron chi connectivity index (χ0n) is 16.1. The van der Waals surface area contributed by atoms with Crippen molar-refractivity contribution in [2.75, 3.05) is 0 Å². The van der Waals surface area contributed by atoms with Gasteiger partial charge in [0.15, 0.2) is 5.69 Å². The van der Waals surface area contributed by atoms with Crippen LogP contribution in [0.3, 0.4) is 0 Å². The van der Waals surface area contributed by atoms with Gasteiger partial charge in [0, 0.05) is 23.7 Å². The van der Waals surface area contributed by atoms with Gasteiger partial charge in [-0.1, -0.05) is 6.08 Å². The summed E-state index contributed by atoms with van der Waals surface area (Å²) >= 11 is 0. The van der Waals surface area contributed by atoms with Crippen molar-refractivity contribution in [2.24, 2.45) is 0 Å². The Kier molecular flexibility index (Phi) is 6.62. The van der Waals surface area contributed by atoms with Gasteiger partial charge in [-0.15, -0.1) is 6.58 Å². The van der Waals surface area contributed by atoms with Gasteiger partial charge in [0.05, 0.1) is 10.6 Å². The molecule has 0 bridgehead atoms. The summed E-state index contributed by atoms with van der Waals surface area (Å²) in [6.45, 7) is 5.87. The molecule has 2 aromatic heterocycles. The SMILES string of the molecule is C=CC[C@H](OC(=O)NC(C)(C)C)c1cc(-c2c([N+](=O)[O-])cnn2C(F)F)ccn1. The highest BCUT2D eigenvalue weighted by Gasteiger charge is 2.27. The van der Waals surface area contributed by atoms with Crippen LogP contribution in [0.15, 0.2) is 37.2 Å². The first kappa shape index (κ1) is 21.9. The van der Waals surface area contributed by atoms with E-state index in [1.165, 1.54) is 24.4 Å². The van der Waals surface area contributed by atoms with Gasteiger partial charge in [-0.2, -0.15) is 18.6 Å². The normalized spacial score (nSPS) is 12.5. The lowest BCUT2D eigenvalue weighted by Crippen LogP contribution is -2.41. The van der Waals surface area contributed by atoms with Crippen LogP contribution in [0.25, 0.3) is 11.3 Å². The highest BCUT2D eigenvalue weighted by Crippen LogP contribution is 2.34. The molecule has 0 spiro atoms. The Morgan fingerprint density at radius 3 is 2.72 bits per heavy atom. The molecule has 2 aromatic rings. The summed E-state index contributed by atoms with van der Waals surface area (Å²) in [6, 6.07) is 2.69. The van der Waals surface area contributed by atoms with Gasteiger partial charge in [0.25, 0.3) is 0 Å². The third kappa shape index (κ3) is 5.56. The maximum atomic E-state index is 13.3. The van der Waals surface area contributed by atoms with Crippen LogP contribution in [-0.4, -0.2) is 31.3 Å². The first-order valence-corrected chi connectivity index (χ1v) is 8.59. The van der Waals surface area contributed by atoms with E-state index < -0.39 is 34.9 Å². The molecule has 29 heavy (non-hydrogen) atoms. The summed E-state index contributed by atoms with van der Waals surface area (Å²) < 4.78 is 32.2. The Hall–Kier alpha value is -3.37. The Bertz CT molecular complexity index is 908. The number of pyridine rings is 1. The summed E-state index contributed by atoms with van der Waals surface area (Å²) in [5, 5.41) is 17.3. The van der Waals surface area contributed by atoms with Crippen LogP contribution in [0.5, 0.6) is 0 Å².